The van der Waals surface area contributed by atoms with Crippen molar-refractivity contribution in [1.82, 2.24) is 9.97 Å². The van der Waals surface area contributed by atoms with Crippen LogP contribution < -0.4 is 5.32 Å². The van der Waals surface area contributed by atoms with Gasteiger partial charge in [-0.1, -0.05) is 0 Å². The van der Waals surface area contributed by atoms with Gasteiger partial charge in [-0.2, -0.15) is 0 Å². The first-order valence-electron chi connectivity index (χ1n) is 7.43. The number of hydrogen-bond acceptors (Lipinski definition) is 6. The van der Waals surface area contributed by atoms with Gasteiger partial charge in [-0.25, -0.2) is 9.97 Å². The Bertz CT molecular complexity index is 651. The largest absolute Gasteiger partial charge is 0.378 e. The number of thiophene rings is 1. The molecule has 112 valence electrons. The van der Waals surface area contributed by atoms with Gasteiger partial charge in [0.15, 0.2) is 0 Å². The van der Waals surface area contributed by atoms with E-state index in [-0.39, 0.29) is 5.60 Å². The molecule has 0 amide bonds. The summed E-state index contributed by atoms with van der Waals surface area (Å²) in [6.07, 6.45) is 4.65. The van der Waals surface area contributed by atoms with E-state index >= 15 is 0 Å². The van der Waals surface area contributed by atoms with Crippen molar-refractivity contribution in [3.05, 3.63) is 17.3 Å². The van der Waals surface area contributed by atoms with E-state index < -0.39 is 0 Å². The Labute approximate surface area is 127 Å². The lowest BCUT2D eigenvalue weighted by atomic mass is 9.90. The van der Waals surface area contributed by atoms with Gasteiger partial charge in [0.1, 0.15) is 12.1 Å². The lowest BCUT2D eigenvalue weighted by molar-refractivity contribution is -0.0828. The minimum absolute atomic E-state index is 0.0760. The number of nitrogens with one attached hydrogen (secondary N) is 1. The average Bonchev–Trinajstić information content (AvgIpc) is 3.08. The molecule has 0 radical (unpaired) electrons. The van der Waals surface area contributed by atoms with Gasteiger partial charge in [0.2, 0.25) is 0 Å². The Hall–Kier alpha value is -1.24. The zero-order valence-electron chi connectivity index (χ0n) is 12.1. The average molecular weight is 305 g/mol. The van der Waals surface area contributed by atoms with Crippen LogP contribution in [0.1, 0.15) is 24.8 Å². The Kier molecular flexibility index (Phi) is 3.32. The fourth-order valence-electron chi connectivity index (χ4n) is 3.28. The molecule has 2 atom stereocenters. The molecule has 2 fully saturated rings. The summed E-state index contributed by atoms with van der Waals surface area (Å²) in [7, 11) is 0. The van der Waals surface area contributed by atoms with Gasteiger partial charge in [-0.15, -0.1) is 11.3 Å². The molecule has 1 N–H and O–H groups in total. The number of aryl methyl sites for hydroxylation is 1. The van der Waals surface area contributed by atoms with E-state index in [2.05, 4.69) is 27.6 Å². The number of anilines is 1. The lowest BCUT2D eigenvalue weighted by Gasteiger charge is -2.37. The van der Waals surface area contributed by atoms with Gasteiger partial charge in [-0.3, -0.25) is 0 Å². The first-order valence-corrected chi connectivity index (χ1v) is 8.31. The van der Waals surface area contributed by atoms with Crippen molar-refractivity contribution in [2.24, 2.45) is 0 Å². The Balaban J connectivity index is 1.57. The Morgan fingerprint density at radius 1 is 1.38 bits per heavy atom. The molecule has 5 nitrogen and oxygen atoms in total. The maximum atomic E-state index is 5.99. The van der Waals surface area contributed by atoms with Crippen LogP contribution >= 0.6 is 11.3 Å². The summed E-state index contributed by atoms with van der Waals surface area (Å²) in [4.78, 5) is 8.83. The molecule has 2 aromatic heterocycles. The molecule has 4 heterocycles. The number of hydrogen-bond donors (Lipinski definition) is 1. The van der Waals surface area contributed by atoms with Gasteiger partial charge < -0.3 is 14.8 Å². The van der Waals surface area contributed by atoms with Crippen molar-refractivity contribution in [1.29, 1.82) is 0 Å². The predicted octanol–water partition coefficient (Wildman–Crippen LogP) is 2.75. The monoisotopic (exact) mass is 305 g/mol. The fourth-order valence-corrected chi connectivity index (χ4v) is 4.23. The van der Waals surface area contributed by atoms with Crippen LogP contribution in [-0.2, 0) is 9.47 Å². The van der Waals surface area contributed by atoms with Gasteiger partial charge in [-0.05, 0) is 30.7 Å². The molecule has 4 rings (SSSR count). The highest BCUT2D eigenvalue weighted by molar-refractivity contribution is 7.18. The van der Waals surface area contributed by atoms with Crippen LogP contribution in [0.25, 0.3) is 10.2 Å². The normalized spacial score (nSPS) is 29.3. The molecule has 6 heteroatoms. The zero-order valence-corrected chi connectivity index (χ0v) is 12.9. The van der Waals surface area contributed by atoms with Crippen LogP contribution in [0.15, 0.2) is 11.7 Å². The van der Waals surface area contributed by atoms with Crippen molar-refractivity contribution < 1.29 is 9.47 Å². The summed E-state index contributed by atoms with van der Waals surface area (Å²) in [5.41, 5.74) is 2.20. The Morgan fingerprint density at radius 3 is 3.19 bits per heavy atom. The second-order valence-electron chi connectivity index (χ2n) is 5.99. The lowest BCUT2D eigenvalue weighted by Crippen LogP contribution is -2.45. The highest BCUT2D eigenvalue weighted by Crippen LogP contribution is 2.35. The predicted molar refractivity (Wildman–Crippen MR) is 82.9 cm³/mol. The number of aromatic nitrogens is 2. The van der Waals surface area contributed by atoms with E-state index in [9.17, 15) is 0 Å². The molecule has 1 spiro atoms. The molecule has 0 aliphatic carbocycles. The van der Waals surface area contributed by atoms with Crippen LogP contribution in [0, 0.1) is 6.92 Å². The molecule has 0 saturated carbocycles. The summed E-state index contributed by atoms with van der Waals surface area (Å²) in [6, 6.07) is 0.390. The van der Waals surface area contributed by atoms with Crippen molar-refractivity contribution in [3.8, 4) is 0 Å². The quantitative estimate of drug-likeness (QED) is 0.924. The van der Waals surface area contributed by atoms with E-state index in [0.29, 0.717) is 6.04 Å². The van der Waals surface area contributed by atoms with Crippen LogP contribution in [-0.4, -0.2) is 41.4 Å². The van der Waals surface area contributed by atoms with Gasteiger partial charge in [0.25, 0.3) is 0 Å². The third-order valence-electron chi connectivity index (χ3n) is 4.43. The molecule has 2 aromatic rings. The number of nitrogens with zero attached hydrogens (tertiary/aromatic N) is 2. The van der Waals surface area contributed by atoms with Crippen molar-refractivity contribution in [2.45, 2.75) is 37.8 Å². The minimum atomic E-state index is -0.0760. The molecule has 2 saturated heterocycles. The molecule has 2 aliphatic heterocycles. The van der Waals surface area contributed by atoms with E-state index in [0.717, 1.165) is 55.1 Å². The minimum Gasteiger partial charge on any atom is -0.378 e. The fraction of sp³-hybridized carbons (Fsp3) is 0.600. The van der Waals surface area contributed by atoms with Crippen LogP contribution in [0.3, 0.4) is 0 Å². The van der Waals surface area contributed by atoms with E-state index in [1.165, 1.54) is 5.56 Å². The highest BCUT2D eigenvalue weighted by Gasteiger charge is 2.41. The summed E-state index contributed by atoms with van der Waals surface area (Å²) in [5, 5.41) is 5.75. The third kappa shape index (κ3) is 2.41. The van der Waals surface area contributed by atoms with Gasteiger partial charge in [0, 0.05) is 25.7 Å². The highest BCUT2D eigenvalue weighted by atomic mass is 32.1. The summed E-state index contributed by atoms with van der Waals surface area (Å²) >= 11 is 1.71. The molecule has 0 unspecified atom stereocenters. The topological polar surface area (TPSA) is 56.3 Å². The molecular weight excluding hydrogens is 286 g/mol. The zero-order chi connectivity index (χ0) is 14.3. The van der Waals surface area contributed by atoms with Gasteiger partial charge in [0.05, 0.1) is 22.4 Å². The van der Waals surface area contributed by atoms with Crippen molar-refractivity contribution in [3.63, 3.8) is 0 Å². The number of fused-ring (bicyclic) bond motifs is 1. The van der Waals surface area contributed by atoms with E-state index in [1.54, 1.807) is 17.7 Å². The molecule has 0 aromatic carbocycles. The van der Waals surface area contributed by atoms with E-state index in [4.69, 9.17) is 9.47 Å². The first-order chi connectivity index (χ1) is 10.3. The van der Waals surface area contributed by atoms with E-state index in [1.807, 2.05) is 0 Å². The maximum Gasteiger partial charge on any atom is 0.147 e. The van der Waals surface area contributed by atoms with Crippen molar-refractivity contribution >= 4 is 27.4 Å². The standard InChI is InChI=1S/C15H19N3O2S/c1-10-7-21-13-12(10)16-9-17-14(13)18-11-2-4-20-15(6-11)3-5-19-8-15/h7,9,11H,2-6,8H2,1H3,(H,16,17,18)/t11-,15+/m0/s1. The SMILES string of the molecule is Cc1csc2c(N[C@H]3CCO[C@]4(CCOC4)C3)ncnc12. The molecule has 2 aliphatic rings. The number of ether oxygens (including phenoxy) is 2. The second-order valence-corrected chi connectivity index (χ2v) is 6.87. The Morgan fingerprint density at radius 2 is 2.33 bits per heavy atom. The second kappa shape index (κ2) is 5.19. The third-order valence-corrected chi connectivity index (χ3v) is 5.53. The number of rotatable bonds is 2. The van der Waals surface area contributed by atoms with Crippen LogP contribution in [0.4, 0.5) is 5.82 Å². The summed E-state index contributed by atoms with van der Waals surface area (Å²) < 4.78 is 12.7. The van der Waals surface area contributed by atoms with Crippen molar-refractivity contribution in [2.75, 3.05) is 25.1 Å². The molecular formula is C15H19N3O2S. The summed E-state index contributed by atoms with van der Waals surface area (Å²) in [6.45, 7) is 4.42. The van der Waals surface area contributed by atoms with Gasteiger partial charge >= 0.3 is 0 Å². The van der Waals surface area contributed by atoms with Crippen LogP contribution in [0.5, 0.6) is 0 Å². The maximum absolute atomic E-state index is 5.99. The molecule has 0 bridgehead atoms. The van der Waals surface area contributed by atoms with Crippen LogP contribution in [0.2, 0.25) is 0 Å². The first kappa shape index (κ1) is 13.4. The smallest absolute Gasteiger partial charge is 0.147 e. The molecule has 21 heavy (non-hydrogen) atoms. The summed E-state index contributed by atoms with van der Waals surface area (Å²) in [5.74, 6) is 0.957.